The van der Waals surface area contributed by atoms with Gasteiger partial charge in [0.15, 0.2) is 17.5 Å². The maximum absolute atomic E-state index is 13.7. The largest absolute Gasteiger partial charge is 0.486 e. The number of hydrogen-bond acceptors (Lipinski definition) is 4. The summed E-state index contributed by atoms with van der Waals surface area (Å²) >= 11 is 0. The van der Waals surface area contributed by atoms with Gasteiger partial charge in [0.05, 0.1) is 12.6 Å². The average molecular weight is 502 g/mol. The van der Waals surface area contributed by atoms with E-state index >= 15 is 0 Å². The molecular weight excluding hydrogens is 474 g/mol. The van der Waals surface area contributed by atoms with Gasteiger partial charge in [-0.15, -0.1) is 24.0 Å². The van der Waals surface area contributed by atoms with Gasteiger partial charge in [0.2, 0.25) is 0 Å². The summed E-state index contributed by atoms with van der Waals surface area (Å²) in [6.07, 6.45) is 1.76. The van der Waals surface area contributed by atoms with Crippen molar-refractivity contribution in [2.24, 2.45) is 4.99 Å². The molecule has 154 valence electrons. The van der Waals surface area contributed by atoms with Crippen molar-refractivity contribution in [2.75, 3.05) is 13.1 Å². The van der Waals surface area contributed by atoms with E-state index in [-0.39, 0.29) is 47.7 Å². The molecule has 0 spiro atoms. The quantitative estimate of drug-likeness (QED) is 0.361. The Hall–Kier alpha value is -1.91. The topological polar surface area (TPSA) is 76.4 Å². The van der Waals surface area contributed by atoms with Crippen molar-refractivity contribution in [1.29, 1.82) is 0 Å². The van der Waals surface area contributed by atoms with Crippen molar-refractivity contribution < 1.29 is 9.13 Å². The first-order chi connectivity index (χ1) is 13.1. The summed E-state index contributed by atoms with van der Waals surface area (Å²) in [7, 11) is 0. The van der Waals surface area contributed by atoms with Gasteiger partial charge in [-0.25, -0.2) is 19.0 Å². The Balaban J connectivity index is 0.00000280. The number of para-hydroxylation sites is 1. The van der Waals surface area contributed by atoms with Crippen LogP contribution in [0.4, 0.5) is 4.39 Å². The predicted octanol–water partition coefficient (Wildman–Crippen LogP) is 3.20. The van der Waals surface area contributed by atoms with E-state index in [0.717, 1.165) is 37.6 Å². The van der Waals surface area contributed by atoms with Crippen LogP contribution in [0, 0.1) is 12.7 Å². The molecule has 1 aromatic heterocycles. The van der Waals surface area contributed by atoms with E-state index in [1.165, 1.54) is 6.07 Å². The molecule has 2 heterocycles. The van der Waals surface area contributed by atoms with Gasteiger partial charge in [-0.05, 0) is 45.7 Å². The van der Waals surface area contributed by atoms with Gasteiger partial charge in [0, 0.05) is 13.1 Å². The normalized spacial score (nSPS) is 17.3. The maximum atomic E-state index is 13.7. The van der Waals surface area contributed by atoms with Crippen molar-refractivity contribution in [2.45, 2.75) is 52.3 Å². The number of fused-ring (bicyclic) bond motifs is 1. The maximum Gasteiger partial charge on any atom is 0.191 e. The zero-order valence-electron chi connectivity index (χ0n) is 16.5. The first-order valence-corrected chi connectivity index (χ1v) is 9.44. The summed E-state index contributed by atoms with van der Waals surface area (Å²) in [4.78, 5) is 9.15. The first-order valence-electron chi connectivity index (χ1n) is 9.44. The molecule has 0 amide bonds. The number of aryl methyl sites for hydroxylation is 2. The highest BCUT2D eigenvalue weighted by atomic mass is 127. The molecule has 7 nitrogen and oxygen atoms in total. The number of halogens is 2. The molecule has 0 fully saturated rings. The third kappa shape index (κ3) is 5.79. The predicted molar refractivity (Wildman–Crippen MR) is 118 cm³/mol. The highest BCUT2D eigenvalue weighted by molar-refractivity contribution is 14.0. The van der Waals surface area contributed by atoms with E-state index in [2.05, 4.69) is 25.7 Å². The molecule has 1 aliphatic rings. The number of ether oxygens (including phenoxy) is 1. The molecule has 2 unspecified atom stereocenters. The second-order valence-electron chi connectivity index (χ2n) is 6.66. The fraction of sp³-hybridized carbons (Fsp3) is 0.526. The average Bonchev–Trinajstić information content (AvgIpc) is 3.03. The summed E-state index contributed by atoms with van der Waals surface area (Å²) in [6.45, 7) is 7.85. The van der Waals surface area contributed by atoms with Crippen LogP contribution in [0.1, 0.15) is 44.4 Å². The lowest BCUT2D eigenvalue weighted by molar-refractivity contribution is 0.220. The van der Waals surface area contributed by atoms with Gasteiger partial charge >= 0.3 is 0 Å². The lowest BCUT2D eigenvalue weighted by Crippen LogP contribution is -2.42. The lowest BCUT2D eigenvalue weighted by atomic mass is 10.1. The Morgan fingerprint density at radius 3 is 2.96 bits per heavy atom. The smallest absolute Gasteiger partial charge is 0.191 e. The summed E-state index contributed by atoms with van der Waals surface area (Å²) in [5, 5.41) is 11.1. The monoisotopic (exact) mass is 502 g/mol. The lowest BCUT2D eigenvalue weighted by Gasteiger charge is -2.25. The molecule has 2 N–H and O–H groups in total. The van der Waals surface area contributed by atoms with Crippen LogP contribution >= 0.6 is 24.0 Å². The summed E-state index contributed by atoms with van der Waals surface area (Å²) in [5.74, 6) is 2.30. The standard InChI is InChI=1S/C19H27FN6O.HI/c1-4-21-19(22-12-13(2)27-17-10-6-5-8-15(17)20)24-16-9-7-11-26-18(16)23-14(3)25-26;/h5-6,8,10,13,16H,4,7,9,11-12H2,1-3H3,(H2,21,22,24);1H. The Morgan fingerprint density at radius 1 is 1.43 bits per heavy atom. The highest BCUT2D eigenvalue weighted by Gasteiger charge is 2.24. The minimum absolute atomic E-state index is 0. The molecule has 2 atom stereocenters. The second-order valence-corrected chi connectivity index (χ2v) is 6.66. The molecule has 0 bridgehead atoms. The molecule has 0 saturated heterocycles. The second kappa shape index (κ2) is 10.6. The number of aromatic nitrogens is 3. The zero-order valence-corrected chi connectivity index (χ0v) is 18.8. The first kappa shape index (κ1) is 22.4. The van der Waals surface area contributed by atoms with E-state index in [1.807, 2.05) is 25.5 Å². The number of aliphatic imine (C=N–C) groups is 1. The Bertz CT molecular complexity index is 796. The van der Waals surface area contributed by atoms with E-state index in [0.29, 0.717) is 12.5 Å². The van der Waals surface area contributed by atoms with Crippen molar-refractivity contribution in [3.63, 3.8) is 0 Å². The molecule has 9 heteroatoms. The Morgan fingerprint density at radius 2 is 2.21 bits per heavy atom. The molecule has 0 radical (unpaired) electrons. The molecule has 1 aliphatic heterocycles. The number of hydrogen-bond donors (Lipinski definition) is 2. The third-order valence-corrected chi connectivity index (χ3v) is 4.31. The van der Waals surface area contributed by atoms with Gasteiger partial charge in [-0.2, -0.15) is 5.10 Å². The molecule has 0 saturated carbocycles. The van der Waals surface area contributed by atoms with Crippen LogP contribution in [0.3, 0.4) is 0 Å². The molecule has 3 rings (SSSR count). The Kier molecular flexibility index (Phi) is 8.46. The summed E-state index contributed by atoms with van der Waals surface area (Å²) < 4.78 is 21.3. The molecule has 28 heavy (non-hydrogen) atoms. The van der Waals surface area contributed by atoms with Crippen LogP contribution in [0.5, 0.6) is 5.75 Å². The van der Waals surface area contributed by atoms with Gasteiger partial charge in [-0.3, -0.25) is 0 Å². The van der Waals surface area contributed by atoms with E-state index < -0.39 is 0 Å². The van der Waals surface area contributed by atoms with Crippen molar-refractivity contribution in [3.8, 4) is 5.75 Å². The minimum Gasteiger partial charge on any atom is -0.486 e. The van der Waals surface area contributed by atoms with Gasteiger partial charge in [0.25, 0.3) is 0 Å². The van der Waals surface area contributed by atoms with Gasteiger partial charge in [-0.1, -0.05) is 12.1 Å². The Labute approximate surface area is 182 Å². The molecule has 2 aromatic rings. The number of nitrogens with zero attached hydrogens (tertiary/aromatic N) is 4. The van der Waals surface area contributed by atoms with E-state index in [9.17, 15) is 4.39 Å². The zero-order chi connectivity index (χ0) is 19.2. The fourth-order valence-electron chi connectivity index (χ4n) is 3.10. The highest BCUT2D eigenvalue weighted by Crippen LogP contribution is 2.23. The number of benzene rings is 1. The summed E-state index contributed by atoms with van der Waals surface area (Å²) in [5.41, 5.74) is 0. The van der Waals surface area contributed by atoms with Crippen LogP contribution in [0.15, 0.2) is 29.3 Å². The van der Waals surface area contributed by atoms with E-state index in [1.54, 1.807) is 18.2 Å². The van der Waals surface area contributed by atoms with Gasteiger partial charge in [0.1, 0.15) is 17.8 Å². The van der Waals surface area contributed by atoms with Crippen molar-refractivity contribution >= 4 is 29.9 Å². The molecule has 1 aromatic carbocycles. The minimum atomic E-state index is -0.365. The van der Waals surface area contributed by atoms with Crippen LogP contribution < -0.4 is 15.4 Å². The number of nitrogens with one attached hydrogen (secondary N) is 2. The third-order valence-electron chi connectivity index (χ3n) is 4.31. The summed E-state index contributed by atoms with van der Waals surface area (Å²) in [6, 6.07) is 6.47. The number of guanidine groups is 1. The van der Waals surface area contributed by atoms with Gasteiger partial charge < -0.3 is 15.4 Å². The van der Waals surface area contributed by atoms with E-state index in [4.69, 9.17) is 4.74 Å². The van der Waals surface area contributed by atoms with Crippen LogP contribution in [0.25, 0.3) is 0 Å². The van der Waals surface area contributed by atoms with Crippen molar-refractivity contribution in [3.05, 3.63) is 41.7 Å². The van der Waals surface area contributed by atoms with Crippen LogP contribution in [-0.2, 0) is 6.54 Å². The molecular formula is C19H28FIN6O. The SMILES string of the molecule is CCNC(=NCC(C)Oc1ccccc1F)NC1CCCn2nc(C)nc21.I. The van der Waals surface area contributed by atoms with Crippen LogP contribution in [-0.4, -0.2) is 39.9 Å². The van der Waals surface area contributed by atoms with Crippen LogP contribution in [0.2, 0.25) is 0 Å². The fourth-order valence-corrected chi connectivity index (χ4v) is 3.10. The number of rotatable bonds is 6. The van der Waals surface area contributed by atoms with Crippen molar-refractivity contribution in [1.82, 2.24) is 25.4 Å². The molecule has 0 aliphatic carbocycles.